The number of nitrogens with one attached hydrogen (secondary N) is 3. The normalized spacial score (nSPS) is 18.0. The predicted molar refractivity (Wildman–Crippen MR) is 73.9 cm³/mol. The van der Waals surface area contributed by atoms with Crippen molar-refractivity contribution in [2.45, 2.75) is 25.3 Å². The van der Waals surface area contributed by atoms with Crippen LogP contribution in [-0.4, -0.2) is 24.5 Å². The van der Waals surface area contributed by atoms with E-state index in [-0.39, 0.29) is 11.9 Å². The number of carbonyl (C=O) groups excluding carboxylic acids is 2. The number of hydrogen-bond donors (Lipinski definition) is 4. The molecule has 1 unspecified atom stereocenters. The van der Waals surface area contributed by atoms with Gasteiger partial charge in [-0.2, -0.15) is 0 Å². The molecule has 6 nitrogen and oxygen atoms in total. The summed E-state index contributed by atoms with van der Waals surface area (Å²) < 4.78 is 0. The van der Waals surface area contributed by atoms with Gasteiger partial charge >= 0.3 is 6.03 Å². The Balaban J connectivity index is 1.84. The second-order valence-electron chi connectivity index (χ2n) is 4.61. The van der Waals surface area contributed by atoms with Crippen LogP contribution in [-0.2, 0) is 4.79 Å². The molecule has 1 heterocycles. The summed E-state index contributed by atoms with van der Waals surface area (Å²) in [4.78, 5) is 22.4. The molecule has 0 spiro atoms. The van der Waals surface area contributed by atoms with Crippen molar-refractivity contribution in [2.24, 2.45) is 5.73 Å². The number of amides is 3. The van der Waals surface area contributed by atoms with E-state index in [4.69, 9.17) is 5.73 Å². The molecule has 1 fully saturated rings. The molecule has 0 bridgehead atoms. The molecule has 1 aliphatic rings. The molecule has 0 aromatic heterocycles. The quantitative estimate of drug-likeness (QED) is 0.657. The third-order valence-corrected chi connectivity index (χ3v) is 3.03. The zero-order chi connectivity index (χ0) is 13.7. The van der Waals surface area contributed by atoms with Crippen molar-refractivity contribution in [1.29, 1.82) is 0 Å². The molecule has 1 aliphatic heterocycles. The van der Waals surface area contributed by atoms with Crippen molar-refractivity contribution in [1.82, 2.24) is 5.32 Å². The van der Waals surface area contributed by atoms with Crippen LogP contribution in [0, 0.1) is 0 Å². The Labute approximate surface area is 111 Å². The van der Waals surface area contributed by atoms with Gasteiger partial charge in [-0.15, -0.1) is 0 Å². The highest BCUT2D eigenvalue weighted by atomic mass is 16.2. The first-order valence-corrected chi connectivity index (χ1v) is 6.33. The summed E-state index contributed by atoms with van der Waals surface area (Å²) in [6.45, 7) is 0.991. The van der Waals surface area contributed by atoms with Gasteiger partial charge in [0, 0.05) is 23.8 Å². The molecule has 0 radical (unpaired) electrons. The first-order valence-electron chi connectivity index (χ1n) is 6.33. The molecule has 1 atom stereocenters. The second kappa shape index (κ2) is 6.19. The van der Waals surface area contributed by atoms with E-state index < -0.39 is 6.03 Å². The van der Waals surface area contributed by atoms with Gasteiger partial charge in [-0.25, -0.2) is 4.79 Å². The fourth-order valence-electron chi connectivity index (χ4n) is 2.15. The third kappa shape index (κ3) is 4.26. The van der Waals surface area contributed by atoms with Gasteiger partial charge in [-0.1, -0.05) is 0 Å². The largest absolute Gasteiger partial charge is 0.351 e. The number of nitrogens with two attached hydrogens (primary N) is 1. The zero-order valence-electron chi connectivity index (χ0n) is 10.6. The zero-order valence-corrected chi connectivity index (χ0v) is 10.6. The summed E-state index contributed by atoms with van der Waals surface area (Å²) in [5, 5.41) is 8.57. The van der Waals surface area contributed by atoms with Crippen LogP contribution in [0.25, 0.3) is 0 Å². The molecule has 19 heavy (non-hydrogen) atoms. The number of primary amides is 1. The fraction of sp³-hybridized carbons (Fsp3) is 0.385. The number of benzene rings is 1. The molecular formula is C13H18N4O2. The Morgan fingerprint density at radius 2 is 1.84 bits per heavy atom. The SMILES string of the molecule is NC(=O)Nc1ccc(NC(=O)CC2CCCN2)cc1. The predicted octanol–water partition coefficient (Wildman–Crippen LogP) is 1.26. The second-order valence-corrected chi connectivity index (χ2v) is 4.61. The van der Waals surface area contributed by atoms with Crippen LogP contribution in [0.5, 0.6) is 0 Å². The van der Waals surface area contributed by atoms with Gasteiger partial charge in [0.2, 0.25) is 5.91 Å². The van der Waals surface area contributed by atoms with Crippen molar-refractivity contribution in [3.63, 3.8) is 0 Å². The average molecular weight is 262 g/mol. The summed E-state index contributed by atoms with van der Waals surface area (Å²) in [5.74, 6) is -0.00462. The summed E-state index contributed by atoms with van der Waals surface area (Å²) in [5.41, 5.74) is 6.31. The van der Waals surface area contributed by atoms with E-state index in [1.54, 1.807) is 24.3 Å². The molecule has 102 valence electrons. The summed E-state index contributed by atoms with van der Waals surface area (Å²) >= 11 is 0. The minimum atomic E-state index is -0.607. The van der Waals surface area contributed by atoms with Crippen molar-refractivity contribution < 1.29 is 9.59 Å². The lowest BCUT2D eigenvalue weighted by atomic mass is 10.1. The molecule has 0 aliphatic carbocycles. The summed E-state index contributed by atoms with van der Waals surface area (Å²) in [7, 11) is 0. The topological polar surface area (TPSA) is 96.2 Å². The third-order valence-electron chi connectivity index (χ3n) is 3.03. The lowest BCUT2D eigenvalue weighted by Crippen LogP contribution is -2.27. The molecule has 6 heteroatoms. The van der Waals surface area contributed by atoms with Gasteiger partial charge in [0.15, 0.2) is 0 Å². The van der Waals surface area contributed by atoms with Gasteiger partial charge in [-0.05, 0) is 43.7 Å². The first-order chi connectivity index (χ1) is 9.13. The number of hydrogen-bond acceptors (Lipinski definition) is 3. The standard InChI is InChI=1S/C13H18N4O2/c14-13(19)17-10-5-3-9(4-6-10)16-12(18)8-11-2-1-7-15-11/h3-6,11,15H,1-2,7-8H2,(H,16,18)(H3,14,17,19). The number of urea groups is 1. The Morgan fingerprint density at radius 3 is 2.37 bits per heavy atom. The maximum atomic E-state index is 11.8. The van der Waals surface area contributed by atoms with Crippen LogP contribution < -0.4 is 21.7 Å². The Kier molecular flexibility index (Phi) is 4.35. The highest BCUT2D eigenvalue weighted by molar-refractivity contribution is 5.92. The Bertz CT molecular complexity index is 452. The molecule has 2 rings (SSSR count). The molecular weight excluding hydrogens is 244 g/mol. The van der Waals surface area contributed by atoms with E-state index in [0.717, 1.165) is 19.4 Å². The van der Waals surface area contributed by atoms with Crippen molar-refractivity contribution in [3.8, 4) is 0 Å². The van der Waals surface area contributed by atoms with Crippen LogP contribution in [0.1, 0.15) is 19.3 Å². The molecule has 3 amide bonds. The van der Waals surface area contributed by atoms with E-state index in [0.29, 0.717) is 17.8 Å². The van der Waals surface area contributed by atoms with Crippen molar-refractivity contribution >= 4 is 23.3 Å². The molecule has 5 N–H and O–H groups in total. The van der Waals surface area contributed by atoms with Gasteiger partial charge in [0.25, 0.3) is 0 Å². The van der Waals surface area contributed by atoms with Crippen molar-refractivity contribution in [3.05, 3.63) is 24.3 Å². The Morgan fingerprint density at radius 1 is 1.21 bits per heavy atom. The van der Waals surface area contributed by atoms with Crippen LogP contribution in [0.2, 0.25) is 0 Å². The van der Waals surface area contributed by atoms with Crippen LogP contribution in [0.3, 0.4) is 0 Å². The molecule has 1 aromatic rings. The first kappa shape index (κ1) is 13.4. The lowest BCUT2D eigenvalue weighted by Gasteiger charge is -2.10. The average Bonchev–Trinajstić information content (AvgIpc) is 2.83. The monoisotopic (exact) mass is 262 g/mol. The van der Waals surface area contributed by atoms with E-state index in [1.165, 1.54) is 0 Å². The van der Waals surface area contributed by atoms with Crippen LogP contribution >= 0.6 is 0 Å². The minimum absolute atomic E-state index is 0.00462. The van der Waals surface area contributed by atoms with Crippen LogP contribution in [0.15, 0.2) is 24.3 Å². The van der Waals surface area contributed by atoms with E-state index >= 15 is 0 Å². The maximum Gasteiger partial charge on any atom is 0.316 e. The smallest absolute Gasteiger partial charge is 0.316 e. The summed E-state index contributed by atoms with van der Waals surface area (Å²) in [6.07, 6.45) is 2.67. The maximum absolute atomic E-state index is 11.8. The number of anilines is 2. The number of rotatable bonds is 4. The van der Waals surface area contributed by atoms with Gasteiger partial charge in [0.1, 0.15) is 0 Å². The highest BCUT2D eigenvalue weighted by Gasteiger charge is 2.17. The minimum Gasteiger partial charge on any atom is -0.351 e. The lowest BCUT2D eigenvalue weighted by molar-refractivity contribution is -0.116. The van der Waals surface area contributed by atoms with E-state index in [2.05, 4.69) is 16.0 Å². The van der Waals surface area contributed by atoms with E-state index in [1.807, 2.05) is 0 Å². The molecule has 1 aromatic carbocycles. The molecule has 0 saturated carbocycles. The van der Waals surface area contributed by atoms with Gasteiger partial charge in [-0.3, -0.25) is 4.79 Å². The number of carbonyl (C=O) groups is 2. The van der Waals surface area contributed by atoms with Crippen LogP contribution in [0.4, 0.5) is 16.2 Å². The van der Waals surface area contributed by atoms with Gasteiger partial charge < -0.3 is 21.7 Å². The highest BCUT2D eigenvalue weighted by Crippen LogP contribution is 2.15. The fourth-order valence-corrected chi connectivity index (χ4v) is 2.15. The van der Waals surface area contributed by atoms with Crippen molar-refractivity contribution in [2.75, 3.05) is 17.2 Å². The Hall–Kier alpha value is -2.08. The van der Waals surface area contributed by atoms with E-state index in [9.17, 15) is 9.59 Å². The molecule has 1 saturated heterocycles. The van der Waals surface area contributed by atoms with Gasteiger partial charge in [0.05, 0.1) is 0 Å². The summed E-state index contributed by atoms with van der Waals surface area (Å²) in [6, 6.07) is 6.51.